The number of aliphatic hydroxyl groups excluding tert-OH is 2. The van der Waals surface area contributed by atoms with Gasteiger partial charge < -0.3 is 10.2 Å². The van der Waals surface area contributed by atoms with Gasteiger partial charge in [0.1, 0.15) is 5.82 Å². The van der Waals surface area contributed by atoms with Crippen LogP contribution < -0.4 is 0 Å². The minimum absolute atomic E-state index is 0.0268. The predicted molar refractivity (Wildman–Crippen MR) is 104 cm³/mol. The highest BCUT2D eigenvalue weighted by Gasteiger charge is 2.57. The van der Waals surface area contributed by atoms with Crippen molar-refractivity contribution in [2.75, 3.05) is 6.61 Å². The number of allylic oxidation sites excluding steroid dienone is 2. The summed E-state index contributed by atoms with van der Waals surface area (Å²) in [7, 11) is 0. The van der Waals surface area contributed by atoms with Crippen molar-refractivity contribution >= 4 is 6.08 Å². The highest BCUT2D eigenvalue weighted by Crippen LogP contribution is 2.61. The Kier molecular flexibility index (Phi) is 5.41. The molecule has 0 saturated heterocycles. The van der Waals surface area contributed by atoms with E-state index in [9.17, 15) is 14.6 Å². The summed E-state index contributed by atoms with van der Waals surface area (Å²) >= 11 is 0. The first kappa shape index (κ1) is 19.3. The van der Waals surface area contributed by atoms with Crippen LogP contribution in [0, 0.1) is 28.5 Å². The van der Waals surface area contributed by atoms with Crippen molar-refractivity contribution < 1.29 is 14.6 Å². The number of fused-ring (bicyclic) bond motifs is 1. The second-order valence-electron chi connectivity index (χ2n) is 8.72. The third-order valence-electron chi connectivity index (χ3n) is 7.25. The number of rotatable bonds is 4. The molecule has 0 heterocycles. The highest BCUT2D eigenvalue weighted by molar-refractivity contribution is 5.49. The standard InChI is InChI=1S/C23H31FO2/c1-16-7-12-20-22(2,14-13-21(26)23(20,3)15-25)19(16)6-4-5-17-8-10-18(24)11-9-17/h4-5,8-11,19-21,25-26H,1,6-7,12-15H2,2-3H3/b5-4+/t19-,20?,21-,22+,23+/m1/s1. The van der Waals surface area contributed by atoms with Gasteiger partial charge in [-0.15, -0.1) is 0 Å². The van der Waals surface area contributed by atoms with Gasteiger partial charge in [-0.05, 0) is 67.1 Å². The Hall–Kier alpha value is -1.45. The normalized spacial score (nSPS) is 37.7. The van der Waals surface area contributed by atoms with Crippen LogP contribution in [-0.4, -0.2) is 22.9 Å². The summed E-state index contributed by atoms with van der Waals surface area (Å²) in [6, 6.07) is 6.52. The molecule has 2 nitrogen and oxygen atoms in total. The fourth-order valence-corrected chi connectivity index (χ4v) is 5.55. The van der Waals surface area contributed by atoms with Gasteiger partial charge in [-0.2, -0.15) is 0 Å². The van der Waals surface area contributed by atoms with Crippen LogP contribution in [-0.2, 0) is 0 Å². The lowest BCUT2D eigenvalue weighted by atomic mass is 9.46. The molecule has 0 radical (unpaired) electrons. The van der Waals surface area contributed by atoms with E-state index in [1.807, 2.05) is 13.0 Å². The van der Waals surface area contributed by atoms with Crippen molar-refractivity contribution in [1.29, 1.82) is 0 Å². The summed E-state index contributed by atoms with van der Waals surface area (Å²) in [5.74, 6) is 0.414. The average molecular weight is 358 g/mol. The molecule has 1 aromatic carbocycles. The zero-order valence-electron chi connectivity index (χ0n) is 15.9. The monoisotopic (exact) mass is 358 g/mol. The topological polar surface area (TPSA) is 40.5 Å². The first-order valence-corrected chi connectivity index (χ1v) is 9.70. The molecular weight excluding hydrogens is 327 g/mol. The fraction of sp³-hybridized carbons (Fsp3) is 0.565. The van der Waals surface area contributed by atoms with Gasteiger partial charge in [-0.3, -0.25) is 0 Å². The molecule has 2 aliphatic rings. The van der Waals surface area contributed by atoms with Crippen LogP contribution in [0.2, 0.25) is 0 Å². The van der Waals surface area contributed by atoms with Gasteiger partial charge in [-0.1, -0.05) is 50.3 Å². The Morgan fingerprint density at radius 1 is 1.23 bits per heavy atom. The quantitative estimate of drug-likeness (QED) is 0.746. The van der Waals surface area contributed by atoms with E-state index in [-0.39, 0.29) is 17.8 Å². The van der Waals surface area contributed by atoms with E-state index in [4.69, 9.17) is 0 Å². The van der Waals surface area contributed by atoms with E-state index >= 15 is 0 Å². The minimum Gasteiger partial charge on any atom is -0.396 e. The van der Waals surface area contributed by atoms with E-state index in [1.165, 1.54) is 17.7 Å². The van der Waals surface area contributed by atoms with Gasteiger partial charge in [0.15, 0.2) is 0 Å². The molecule has 0 amide bonds. The largest absolute Gasteiger partial charge is 0.396 e. The van der Waals surface area contributed by atoms with Crippen LogP contribution in [0.4, 0.5) is 4.39 Å². The smallest absolute Gasteiger partial charge is 0.123 e. The zero-order chi connectivity index (χ0) is 18.9. The molecule has 1 aromatic rings. The Morgan fingerprint density at radius 2 is 1.92 bits per heavy atom. The molecule has 0 aliphatic heterocycles. The van der Waals surface area contributed by atoms with Gasteiger partial charge in [0.05, 0.1) is 12.7 Å². The molecule has 2 fully saturated rings. The maximum Gasteiger partial charge on any atom is 0.123 e. The molecule has 3 heteroatoms. The summed E-state index contributed by atoms with van der Waals surface area (Å²) in [5.41, 5.74) is 1.88. The Bertz CT molecular complexity index is 680. The lowest BCUT2D eigenvalue weighted by Crippen LogP contribution is -2.57. The van der Waals surface area contributed by atoms with Crippen molar-refractivity contribution in [3.05, 3.63) is 53.9 Å². The molecule has 3 rings (SSSR count). The number of benzene rings is 1. The van der Waals surface area contributed by atoms with Crippen LogP contribution in [0.3, 0.4) is 0 Å². The van der Waals surface area contributed by atoms with E-state index in [0.29, 0.717) is 11.8 Å². The SMILES string of the molecule is C=C1CCC2[C@](C)(CO)[C@H](O)CC[C@@]2(C)[C@@H]1C/C=C/c1ccc(F)cc1. The van der Waals surface area contributed by atoms with Crippen molar-refractivity contribution in [1.82, 2.24) is 0 Å². The van der Waals surface area contributed by atoms with Crippen LogP contribution in [0.1, 0.15) is 51.5 Å². The maximum atomic E-state index is 13.0. The molecule has 5 atom stereocenters. The van der Waals surface area contributed by atoms with Crippen LogP contribution >= 0.6 is 0 Å². The van der Waals surface area contributed by atoms with Gasteiger partial charge in [0.25, 0.3) is 0 Å². The summed E-state index contributed by atoms with van der Waals surface area (Å²) in [6.45, 7) is 8.74. The Labute approximate surface area is 156 Å². The maximum absolute atomic E-state index is 13.0. The Morgan fingerprint density at radius 3 is 2.58 bits per heavy atom. The van der Waals surface area contributed by atoms with Crippen LogP contribution in [0.25, 0.3) is 6.08 Å². The molecular formula is C23H31FO2. The van der Waals surface area contributed by atoms with Crippen molar-refractivity contribution in [2.24, 2.45) is 22.7 Å². The minimum atomic E-state index is -0.438. The summed E-state index contributed by atoms with van der Waals surface area (Å²) < 4.78 is 13.0. The van der Waals surface area contributed by atoms with Gasteiger partial charge in [0.2, 0.25) is 0 Å². The molecule has 0 aromatic heterocycles. The highest BCUT2D eigenvalue weighted by atomic mass is 19.1. The third kappa shape index (κ3) is 3.27. The fourth-order valence-electron chi connectivity index (χ4n) is 5.55. The van der Waals surface area contributed by atoms with E-state index in [1.54, 1.807) is 12.1 Å². The van der Waals surface area contributed by atoms with Gasteiger partial charge in [-0.25, -0.2) is 4.39 Å². The van der Waals surface area contributed by atoms with Crippen LogP contribution in [0.15, 0.2) is 42.5 Å². The van der Waals surface area contributed by atoms with Crippen molar-refractivity contribution in [3.63, 3.8) is 0 Å². The number of halogens is 1. The Balaban J connectivity index is 1.81. The van der Waals surface area contributed by atoms with E-state index < -0.39 is 11.5 Å². The van der Waals surface area contributed by atoms with Crippen molar-refractivity contribution in [2.45, 2.75) is 52.1 Å². The lowest BCUT2D eigenvalue weighted by Gasteiger charge is -2.59. The molecule has 2 aliphatic carbocycles. The van der Waals surface area contributed by atoms with Crippen molar-refractivity contribution in [3.8, 4) is 0 Å². The summed E-state index contributed by atoms with van der Waals surface area (Å²) in [6.07, 6.45) is 8.30. The van der Waals surface area contributed by atoms with Crippen LogP contribution in [0.5, 0.6) is 0 Å². The molecule has 142 valence electrons. The lowest BCUT2D eigenvalue weighted by molar-refractivity contribution is -0.151. The summed E-state index contributed by atoms with van der Waals surface area (Å²) in [5, 5.41) is 20.6. The number of aliphatic hydroxyl groups is 2. The zero-order valence-corrected chi connectivity index (χ0v) is 15.9. The molecule has 0 spiro atoms. The second-order valence-corrected chi connectivity index (χ2v) is 8.72. The first-order chi connectivity index (χ1) is 12.3. The number of hydrogen-bond acceptors (Lipinski definition) is 2. The van der Waals surface area contributed by atoms with E-state index in [2.05, 4.69) is 19.6 Å². The molecule has 2 N–H and O–H groups in total. The second kappa shape index (κ2) is 7.28. The molecule has 26 heavy (non-hydrogen) atoms. The van der Waals surface area contributed by atoms with Gasteiger partial charge >= 0.3 is 0 Å². The summed E-state index contributed by atoms with van der Waals surface area (Å²) in [4.78, 5) is 0. The first-order valence-electron chi connectivity index (χ1n) is 9.70. The molecule has 0 bridgehead atoms. The number of hydrogen-bond donors (Lipinski definition) is 2. The third-order valence-corrected chi connectivity index (χ3v) is 7.25. The van der Waals surface area contributed by atoms with Gasteiger partial charge in [0, 0.05) is 5.41 Å². The molecule has 2 saturated carbocycles. The molecule has 1 unspecified atom stereocenters. The average Bonchev–Trinajstić information content (AvgIpc) is 2.62. The predicted octanol–water partition coefficient (Wildman–Crippen LogP) is 4.97. The van der Waals surface area contributed by atoms with E-state index in [0.717, 1.165) is 37.7 Å².